The fraction of sp³-hybridized carbons (Fsp3) is 0.923. The van der Waals surface area contributed by atoms with Gasteiger partial charge in [-0.15, -0.1) is 0 Å². The van der Waals surface area contributed by atoms with Gasteiger partial charge in [0.2, 0.25) is 0 Å². The minimum atomic E-state index is -0.104. The second-order valence-electron chi connectivity index (χ2n) is 4.94. The van der Waals surface area contributed by atoms with Crippen LogP contribution in [-0.2, 0) is 9.53 Å². The molecule has 0 N–H and O–H groups in total. The van der Waals surface area contributed by atoms with Crippen LogP contribution in [-0.4, -0.2) is 37.1 Å². The first-order chi connectivity index (χ1) is 7.65. The normalized spacial score (nSPS) is 20.5. The maximum absolute atomic E-state index is 11.2. The number of rotatable bonds is 4. The minimum Gasteiger partial charge on any atom is -0.469 e. The predicted octanol–water partition coefficient (Wildman–Crippen LogP) is 2.59. The fourth-order valence-electron chi connectivity index (χ4n) is 2.49. The highest BCUT2D eigenvalue weighted by Crippen LogP contribution is 2.23. The molecule has 0 heterocycles. The van der Waals surface area contributed by atoms with Crippen molar-refractivity contribution < 1.29 is 9.53 Å². The Labute approximate surface area is 99.1 Å². The first-order valence-electron chi connectivity index (χ1n) is 6.44. The second-order valence-corrected chi connectivity index (χ2v) is 4.94. The van der Waals surface area contributed by atoms with Crippen molar-refractivity contribution in [1.82, 2.24) is 4.90 Å². The lowest BCUT2D eigenvalue weighted by Gasteiger charge is -2.32. The van der Waals surface area contributed by atoms with Gasteiger partial charge in [-0.25, -0.2) is 0 Å². The van der Waals surface area contributed by atoms with Crippen molar-refractivity contribution in [2.75, 3.05) is 14.2 Å². The predicted molar refractivity (Wildman–Crippen MR) is 65.3 cm³/mol. The molecule has 1 fully saturated rings. The summed E-state index contributed by atoms with van der Waals surface area (Å²) < 4.78 is 4.72. The van der Waals surface area contributed by atoms with Crippen LogP contribution in [0.4, 0.5) is 0 Å². The van der Waals surface area contributed by atoms with Gasteiger partial charge in [0.15, 0.2) is 0 Å². The van der Waals surface area contributed by atoms with Crippen LogP contribution < -0.4 is 0 Å². The Morgan fingerprint density at radius 3 is 2.38 bits per heavy atom. The molecule has 0 bridgehead atoms. The second kappa shape index (κ2) is 6.89. The summed E-state index contributed by atoms with van der Waals surface area (Å²) in [5, 5.41) is 0. The van der Waals surface area contributed by atoms with Crippen LogP contribution in [0.1, 0.15) is 51.9 Å². The Morgan fingerprint density at radius 1 is 1.31 bits per heavy atom. The van der Waals surface area contributed by atoms with Gasteiger partial charge in [-0.1, -0.05) is 25.7 Å². The first kappa shape index (κ1) is 13.5. The zero-order chi connectivity index (χ0) is 12.0. The largest absolute Gasteiger partial charge is 0.469 e. The van der Waals surface area contributed by atoms with E-state index in [9.17, 15) is 4.79 Å². The Hall–Kier alpha value is -0.570. The molecule has 1 unspecified atom stereocenters. The lowest BCUT2D eigenvalue weighted by atomic mass is 10.0. The third-order valence-corrected chi connectivity index (χ3v) is 3.79. The van der Waals surface area contributed by atoms with Gasteiger partial charge in [0, 0.05) is 12.1 Å². The van der Waals surface area contributed by atoms with Gasteiger partial charge in [-0.3, -0.25) is 4.79 Å². The van der Waals surface area contributed by atoms with Crippen LogP contribution >= 0.6 is 0 Å². The summed E-state index contributed by atoms with van der Waals surface area (Å²) in [6, 6.07) is 0.942. The SMILES string of the molecule is COC(=O)CC(C)N(C)C1CCCCCC1. The third kappa shape index (κ3) is 4.12. The Kier molecular flexibility index (Phi) is 5.81. The van der Waals surface area contributed by atoms with Crippen LogP contribution in [0.25, 0.3) is 0 Å². The van der Waals surface area contributed by atoms with E-state index >= 15 is 0 Å². The summed E-state index contributed by atoms with van der Waals surface area (Å²) in [5.74, 6) is -0.104. The molecule has 16 heavy (non-hydrogen) atoms. The molecule has 3 heteroatoms. The molecule has 0 amide bonds. The van der Waals surface area contributed by atoms with Crippen LogP contribution in [0.3, 0.4) is 0 Å². The Morgan fingerprint density at radius 2 is 1.88 bits per heavy atom. The highest BCUT2D eigenvalue weighted by Gasteiger charge is 2.22. The number of carbonyl (C=O) groups is 1. The Bertz CT molecular complexity index is 210. The molecule has 1 aliphatic carbocycles. The maximum Gasteiger partial charge on any atom is 0.307 e. The van der Waals surface area contributed by atoms with E-state index in [2.05, 4.69) is 18.9 Å². The van der Waals surface area contributed by atoms with Crippen LogP contribution in [0.5, 0.6) is 0 Å². The molecule has 1 aliphatic rings. The molecule has 1 rings (SSSR count). The quantitative estimate of drug-likeness (QED) is 0.546. The Balaban J connectivity index is 2.41. The number of esters is 1. The van der Waals surface area contributed by atoms with E-state index in [4.69, 9.17) is 4.74 Å². The smallest absolute Gasteiger partial charge is 0.307 e. The van der Waals surface area contributed by atoms with E-state index in [-0.39, 0.29) is 12.0 Å². The molecular weight excluding hydrogens is 202 g/mol. The van der Waals surface area contributed by atoms with Gasteiger partial charge in [-0.05, 0) is 26.8 Å². The zero-order valence-electron chi connectivity index (χ0n) is 10.9. The van der Waals surface area contributed by atoms with Gasteiger partial charge in [-0.2, -0.15) is 0 Å². The van der Waals surface area contributed by atoms with Crippen molar-refractivity contribution >= 4 is 5.97 Å². The number of methoxy groups -OCH3 is 1. The van der Waals surface area contributed by atoms with Crippen molar-refractivity contribution in [3.63, 3.8) is 0 Å². The summed E-state index contributed by atoms with van der Waals surface area (Å²) in [7, 11) is 3.60. The maximum atomic E-state index is 11.2. The van der Waals surface area contributed by atoms with E-state index in [0.717, 1.165) is 0 Å². The van der Waals surface area contributed by atoms with Gasteiger partial charge in [0.25, 0.3) is 0 Å². The lowest BCUT2D eigenvalue weighted by Crippen LogP contribution is -2.39. The van der Waals surface area contributed by atoms with Crippen molar-refractivity contribution in [3.05, 3.63) is 0 Å². The molecule has 0 radical (unpaired) electrons. The molecular formula is C13H25NO2. The molecule has 94 valence electrons. The summed E-state index contributed by atoms with van der Waals surface area (Å²) in [4.78, 5) is 13.6. The first-order valence-corrected chi connectivity index (χ1v) is 6.44. The van der Waals surface area contributed by atoms with Crippen molar-refractivity contribution in [2.45, 2.75) is 64.0 Å². The van der Waals surface area contributed by atoms with Crippen molar-refractivity contribution in [1.29, 1.82) is 0 Å². The summed E-state index contributed by atoms with van der Waals surface area (Å²) in [5.41, 5.74) is 0. The highest BCUT2D eigenvalue weighted by molar-refractivity contribution is 5.69. The van der Waals surface area contributed by atoms with E-state index in [1.807, 2.05) is 0 Å². The molecule has 3 nitrogen and oxygen atoms in total. The van der Waals surface area contributed by atoms with E-state index in [1.165, 1.54) is 45.6 Å². The van der Waals surface area contributed by atoms with Gasteiger partial charge >= 0.3 is 5.97 Å². The molecule has 1 saturated carbocycles. The average molecular weight is 227 g/mol. The zero-order valence-corrected chi connectivity index (χ0v) is 10.9. The summed E-state index contributed by atoms with van der Waals surface area (Å²) in [6.07, 6.45) is 8.47. The molecule has 0 spiro atoms. The van der Waals surface area contributed by atoms with E-state index in [1.54, 1.807) is 0 Å². The standard InChI is InChI=1S/C13H25NO2/c1-11(10-13(15)16-3)14(2)12-8-6-4-5-7-9-12/h11-12H,4-10H2,1-3H3. The summed E-state index contributed by atoms with van der Waals surface area (Å²) in [6.45, 7) is 2.11. The lowest BCUT2D eigenvalue weighted by molar-refractivity contribution is -0.142. The monoisotopic (exact) mass is 227 g/mol. The molecule has 0 aromatic carbocycles. The van der Waals surface area contributed by atoms with Crippen LogP contribution in [0.15, 0.2) is 0 Å². The third-order valence-electron chi connectivity index (χ3n) is 3.79. The molecule has 1 atom stereocenters. The molecule has 0 aromatic rings. The van der Waals surface area contributed by atoms with Crippen molar-refractivity contribution in [2.24, 2.45) is 0 Å². The van der Waals surface area contributed by atoms with Crippen molar-refractivity contribution in [3.8, 4) is 0 Å². The van der Waals surface area contributed by atoms with E-state index < -0.39 is 0 Å². The van der Waals surface area contributed by atoms with Gasteiger partial charge < -0.3 is 9.64 Å². The minimum absolute atomic E-state index is 0.104. The number of nitrogens with zero attached hydrogens (tertiary/aromatic N) is 1. The topological polar surface area (TPSA) is 29.5 Å². The van der Waals surface area contributed by atoms with Gasteiger partial charge in [0.1, 0.15) is 0 Å². The number of hydrogen-bond donors (Lipinski definition) is 0. The van der Waals surface area contributed by atoms with Gasteiger partial charge in [0.05, 0.1) is 13.5 Å². The van der Waals surface area contributed by atoms with E-state index in [0.29, 0.717) is 12.5 Å². The number of ether oxygens (including phenoxy) is 1. The fourth-order valence-corrected chi connectivity index (χ4v) is 2.49. The molecule has 0 saturated heterocycles. The number of hydrogen-bond acceptors (Lipinski definition) is 3. The number of carbonyl (C=O) groups excluding carboxylic acids is 1. The molecule has 0 aromatic heterocycles. The highest BCUT2D eigenvalue weighted by atomic mass is 16.5. The van der Waals surface area contributed by atoms with Crippen LogP contribution in [0, 0.1) is 0 Å². The molecule has 0 aliphatic heterocycles. The summed E-state index contributed by atoms with van der Waals surface area (Å²) >= 11 is 0. The van der Waals surface area contributed by atoms with Crippen LogP contribution in [0.2, 0.25) is 0 Å². The average Bonchev–Trinajstić information content (AvgIpc) is 2.56.